The lowest BCUT2D eigenvalue weighted by molar-refractivity contribution is -0.137. The van der Waals surface area contributed by atoms with Crippen molar-refractivity contribution in [3.8, 4) is 11.5 Å². The van der Waals surface area contributed by atoms with Gasteiger partial charge in [-0.3, -0.25) is 9.59 Å². The second-order valence-corrected chi connectivity index (χ2v) is 8.52. The van der Waals surface area contributed by atoms with Crippen LogP contribution >= 0.6 is 0 Å². The number of aliphatic carboxylic acids is 1. The number of para-hydroxylation sites is 1. The first-order valence-corrected chi connectivity index (χ1v) is 11.6. The fourth-order valence-corrected chi connectivity index (χ4v) is 4.06. The molecule has 0 radical (unpaired) electrons. The molecule has 0 aromatic heterocycles. The van der Waals surface area contributed by atoms with Crippen LogP contribution < -0.4 is 4.74 Å². The maximum absolute atomic E-state index is 12.3. The minimum atomic E-state index is -0.793. The number of likely N-dealkylation sites (tertiary alicyclic amines) is 1. The van der Waals surface area contributed by atoms with Crippen molar-refractivity contribution in [3.63, 3.8) is 0 Å². The molecule has 0 saturated carbocycles. The van der Waals surface area contributed by atoms with E-state index in [1.54, 1.807) is 6.08 Å². The smallest absolute Gasteiger partial charge is 0.303 e. The van der Waals surface area contributed by atoms with Crippen LogP contribution in [-0.2, 0) is 9.59 Å². The molecule has 6 nitrogen and oxygen atoms in total. The number of aliphatic hydroxyl groups excluding tert-OH is 1. The number of rotatable bonds is 12. The zero-order valence-electron chi connectivity index (χ0n) is 19.2. The van der Waals surface area contributed by atoms with Gasteiger partial charge in [0.25, 0.3) is 0 Å². The molecule has 3 rings (SSSR count). The van der Waals surface area contributed by atoms with Gasteiger partial charge in [0.1, 0.15) is 11.5 Å². The highest BCUT2D eigenvalue weighted by Gasteiger charge is 2.28. The van der Waals surface area contributed by atoms with Crippen LogP contribution in [0.1, 0.15) is 62.2 Å². The van der Waals surface area contributed by atoms with Crippen molar-refractivity contribution in [1.82, 2.24) is 4.90 Å². The lowest BCUT2D eigenvalue weighted by Gasteiger charge is -2.22. The zero-order valence-corrected chi connectivity index (χ0v) is 19.2. The Bertz CT molecular complexity index is 970. The van der Waals surface area contributed by atoms with E-state index in [0.717, 1.165) is 42.6 Å². The molecule has 1 aliphatic heterocycles. The van der Waals surface area contributed by atoms with E-state index in [0.29, 0.717) is 25.1 Å². The van der Waals surface area contributed by atoms with E-state index < -0.39 is 12.1 Å². The van der Waals surface area contributed by atoms with Gasteiger partial charge in [-0.2, -0.15) is 0 Å². The molecule has 1 aliphatic rings. The molecule has 1 amide bonds. The van der Waals surface area contributed by atoms with Gasteiger partial charge in [0.15, 0.2) is 0 Å². The summed E-state index contributed by atoms with van der Waals surface area (Å²) in [7, 11) is 0. The lowest BCUT2D eigenvalue weighted by atomic mass is 10.1. The van der Waals surface area contributed by atoms with Gasteiger partial charge in [0, 0.05) is 19.4 Å². The number of amides is 1. The molecule has 2 aromatic carbocycles. The number of hydrogen-bond acceptors (Lipinski definition) is 4. The average molecular weight is 452 g/mol. The Kier molecular flexibility index (Phi) is 9.07. The topological polar surface area (TPSA) is 87.1 Å². The summed E-state index contributed by atoms with van der Waals surface area (Å²) >= 11 is 0. The summed E-state index contributed by atoms with van der Waals surface area (Å²) < 4.78 is 5.97. The number of nitrogens with zero attached hydrogens (tertiary/aromatic N) is 1. The Morgan fingerprint density at radius 3 is 2.73 bits per heavy atom. The van der Waals surface area contributed by atoms with Crippen molar-refractivity contribution < 1.29 is 24.5 Å². The monoisotopic (exact) mass is 451 g/mol. The van der Waals surface area contributed by atoms with Crippen molar-refractivity contribution in [2.24, 2.45) is 0 Å². The fraction of sp³-hybridized carbons (Fsp3) is 0.407. The van der Waals surface area contributed by atoms with Gasteiger partial charge < -0.3 is 19.8 Å². The summed E-state index contributed by atoms with van der Waals surface area (Å²) in [5.41, 5.74) is 1.77. The molecule has 6 heteroatoms. The molecule has 1 fully saturated rings. The SMILES string of the molecule is Cc1ccccc1Oc1cccc(C(O)C=C[C@H]2CCC(=O)N2CCCCCCC(=O)O)c1. The van der Waals surface area contributed by atoms with E-state index in [4.69, 9.17) is 9.84 Å². The summed E-state index contributed by atoms with van der Waals surface area (Å²) in [4.78, 5) is 24.7. The number of carbonyl (C=O) groups is 2. The standard InChI is InChI=1S/C27H33NO5/c1-20-9-5-6-12-25(20)33-23-11-8-10-21(19-23)24(29)16-14-22-15-17-26(30)28(22)18-7-3-2-4-13-27(31)32/h5-6,8-12,14,16,19,22,24,29H,2-4,7,13,15,17-18H2,1H3,(H,31,32)/t22-,24?/m0/s1. The third-order valence-electron chi connectivity index (χ3n) is 5.95. The third-order valence-corrected chi connectivity index (χ3v) is 5.95. The largest absolute Gasteiger partial charge is 0.481 e. The fourth-order valence-electron chi connectivity index (χ4n) is 4.06. The number of ether oxygens (including phenoxy) is 1. The van der Waals surface area contributed by atoms with Crippen molar-refractivity contribution in [2.75, 3.05) is 6.54 Å². The van der Waals surface area contributed by atoms with E-state index in [2.05, 4.69) is 0 Å². The second-order valence-electron chi connectivity index (χ2n) is 8.52. The summed E-state index contributed by atoms with van der Waals surface area (Å²) in [5, 5.41) is 19.4. The number of aliphatic hydroxyl groups is 1. The maximum atomic E-state index is 12.3. The molecule has 176 valence electrons. The number of unbranched alkanes of at least 4 members (excludes halogenated alkanes) is 3. The predicted octanol–water partition coefficient (Wildman–Crippen LogP) is 5.40. The normalized spacial score (nSPS) is 17.0. The Labute approximate surface area is 195 Å². The molecule has 1 heterocycles. The molecule has 0 aliphatic carbocycles. The van der Waals surface area contributed by atoms with Crippen molar-refractivity contribution >= 4 is 11.9 Å². The molecule has 1 saturated heterocycles. The lowest BCUT2D eigenvalue weighted by Crippen LogP contribution is -2.32. The van der Waals surface area contributed by atoms with E-state index in [-0.39, 0.29) is 18.4 Å². The van der Waals surface area contributed by atoms with E-state index in [1.807, 2.05) is 66.4 Å². The first kappa shape index (κ1) is 24.5. The first-order chi connectivity index (χ1) is 15.9. The molecule has 1 unspecified atom stereocenters. The highest BCUT2D eigenvalue weighted by atomic mass is 16.5. The van der Waals surface area contributed by atoms with Crippen LogP contribution in [0.2, 0.25) is 0 Å². The van der Waals surface area contributed by atoms with Crippen LogP contribution in [-0.4, -0.2) is 39.6 Å². The highest BCUT2D eigenvalue weighted by Crippen LogP contribution is 2.28. The number of carboxylic acid groups (broad SMARTS) is 1. The molecule has 33 heavy (non-hydrogen) atoms. The van der Waals surface area contributed by atoms with Gasteiger partial charge in [-0.25, -0.2) is 0 Å². The Balaban J connectivity index is 1.54. The average Bonchev–Trinajstić information content (AvgIpc) is 3.15. The Morgan fingerprint density at radius 2 is 1.94 bits per heavy atom. The summed E-state index contributed by atoms with van der Waals surface area (Å²) in [6.07, 6.45) is 7.63. The van der Waals surface area contributed by atoms with E-state index >= 15 is 0 Å². The summed E-state index contributed by atoms with van der Waals surface area (Å²) in [6.45, 7) is 2.65. The molecule has 0 spiro atoms. The van der Waals surface area contributed by atoms with Crippen LogP contribution in [0, 0.1) is 6.92 Å². The van der Waals surface area contributed by atoms with E-state index in [1.165, 1.54) is 0 Å². The number of carbonyl (C=O) groups excluding carboxylic acids is 1. The predicted molar refractivity (Wildman–Crippen MR) is 127 cm³/mol. The molecule has 2 atom stereocenters. The van der Waals surface area contributed by atoms with Gasteiger partial charge in [-0.1, -0.05) is 55.3 Å². The quantitative estimate of drug-likeness (QED) is 0.333. The van der Waals surface area contributed by atoms with Crippen LogP contribution in [0.4, 0.5) is 0 Å². The van der Waals surface area contributed by atoms with Crippen molar-refractivity contribution in [3.05, 3.63) is 71.8 Å². The summed E-state index contributed by atoms with van der Waals surface area (Å²) in [5.74, 6) is 0.816. The third kappa shape index (κ3) is 7.46. The first-order valence-electron chi connectivity index (χ1n) is 11.6. The Hall–Kier alpha value is -3.12. The second kappa shape index (κ2) is 12.2. The highest BCUT2D eigenvalue weighted by molar-refractivity contribution is 5.79. The zero-order chi connectivity index (χ0) is 23.6. The van der Waals surface area contributed by atoms with Crippen molar-refractivity contribution in [2.45, 2.75) is 64.0 Å². The van der Waals surface area contributed by atoms with Gasteiger partial charge >= 0.3 is 5.97 Å². The number of aryl methyl sites for hydroxylation is 1. The van der Waals surface area contributed by atoms with Gasteiger partial charge in [-0.05, 0) is 55.5 Å². The number of carboxylic acids is 1. The van der Waals surface area contributed by atoms with Crippen LogP contribution in [0.5, 0.6) is 11.5 Å². The van der Waals surface area contributed by atoms with Gasteiger partial charge in [0.05, 0.1) is 12.1 Å². The van der Waals surface area contributed by atoms with Crippen molar-refractivity contribution in [1.29, 1.82) is 0 Å². The van der Waals surface area contributed by atoms with Crippen LogP contribution in [0.15, 0.2) is 60.7 Å². The van der Waals surface area contributed by atoms with Gasteiger partial charge in [0.2, 0.25) is 5.91 Å². The number of hydrogen-bond donors (Lipinski definition) is 2. The molecular formula is C27H33NO5. The molecule has 0 bridgehead atoms. The minimum absolute atomic E-state index is 0.0161. The molecule has 2 aromatic rings. The molecular weight excluding hydrogens is 418 g/mol. The molecule has 2 N–H and O–H groups in total. The van der Waals surface area contributed by atoms with Crippen LogP contribution in [0.3, 0.4) is 0 Å². The minimum Gasteiger partial charge on any atom is -0.481 e. The summed E-state index contributed by atoms with van der Waals surface area (Å²) in [6, 6.07) is 15.2. The van der Waals surface area contributed by atoms with Gasteiger partial charge in [-0.15, -0.1) is 0 Å². The number of benzene rings is 2. The maximum Gasteiger partial charge on any atom is 0.303 e. The Morgan fingerprint density at radius 1 is 1.15 bits per heavy atom. The van der Waals surface area contributed by atoms with E-state index in [9.17, 15) is 14.7 Å². The van der Waals surface area contributed by atoms with Crippen LogP contribution in [0.25, 0.3) is 0 Å².